The third-order valence-electron chi connectivity index (χ3n) is 3.63. The van der Waals surface area contributed by atoms with Gasteiger partial charge in [-0.05, 0) is 44.0 Å². The zero-order valence-electron chi connectivity index (χ0n) is 13.3. The van der Waals surface area contributed by atoms with Gasteiger partial charge in [0.15, 0.2) is 0 Å². The molecule has 0 aliphatic rings. The van der Waals surface area contributed by atoms with Gasteiger partial charge in [0, 0.05) is 12.3 Å². The van der Waals surface area contributed by atoms with Crippen LogP contribution in [0.3, 0.4) is 0 Å². The molecule has 0 amide bonds. The van der Waals surface area contributed by atoms with E-state index in [2.05, 4.69) is 61.2 Å². The summed E-state index contributed by atoms with van der Waals surface area (Å²) >= 11 is 0. The highest BCUT2D eigenvalue weighted by Crippen LogP contribution is 2.29. The Kier molecular flexibility index (Phi) is 5.40. The lowest BCUT2D eigenvalue weighted by Gasteiger charge is -2.18. The Morgan fingerprint density at radius 1 is 0.905 bits per heavy atom. The summed E-state index contributed by atoms with van der Waals surface area (Å²) < 4.78 is 5.72. The minimum Gasteiger partial charge on any atom is -0.491 e. The van der Waals surface area contributed by atoms with Crippen molar-refractivity contribution in [1.29, 1.82) is 0 Å². The Morgan fingerprint density at radius 2 is 1.43 bits per heavy atom. The zero-order valence-corrected chi connectivity index (χ0v) is 13.3. The number of hydrogen-bond donors (Lipinski definition) is 1. The van der Waals surface area contributed by atoms with Crippen LogP contribution >= 0.6 is 0 Å². The van der Waals surface area contributed by atoms with E-state index in [1.165, 1.54) is 16.7 Å². The maximum Gasteiger partial charge on any atom is 0.119 e. The Labute approximate surface area is 127 Å². The van der Waals surface area contributed by atoms with Crippen molar-refractivity contribution in [1.82, 2.24) is 0 Å². The van der Waals surface area contributed by atoms with E-state index >= 15 is 0 Å². The van der Waals surface area contributed by atoms with Gasteiger partial charge in [-0.3, -0.25) is 0 Å². The molecular weight excluding hydrogens is 258 g/mol. The van der Waals surface area contributed by atoms with Crippen LogP contribution in [0.1, 0.15) is 42.9 Å². The molecule has 0 fully saturated rings. The van der Waals surface area contributed by atoms with Gasteiger partial charge in [-0.15, -0.1) is 0 Å². The number of benzene rings is 2. The molecule has 2 heteroatoms. The summed E-state index contributed by atoms with van der Waals surface area (Å²) in [6, 6.07) is 17.3. The molecule has 0 aliphatic carbocycles. The molecule has 0 radical (unpaired) electrons. The molecule has 21 heavy (non-hydrogen) atoms. The third-order valence-corrected chi connectivity index (χ3v) is 3.63. The van der Waals surface area contributed by atoms with E-state index in [4.69, 9.17) is 4.74 Å². The fraction of sp³-hybridized carbons (Fsp3) is 0.368. The van der Waals surface area contributed by atoms with E-state index in [0.29, 0.717) is 5.92 Å². The van der Waals surface area contributed by atoms with E-state index in [0.717, 1.165) is 18.7 Å². The highest BCUT2D eigenvalue weighted by Gasteiger charge is 2.14. The smallest absolute Gasteiger partial charge is 0.119 e. The van der Waals surface area contributed by atoms with Crippen LogP contribution in [-0.2, 0) is 0 Å². The molecule has 2 aromatic rings. The van der Waals surface area contributed by atoms with Gasteiger partial charge in [0.05, 0.1) is 12.6 Å². The maximum atomic E-state index is 5.72. The molecule has 0 bridgehead atoms. The lowest BCUT2D eigenvalue weighted by Crippen LogP contribution is -2.50. The molecule has 0 heterocycles. The molecule has 1 atom stereocenters. The van der Waals surface area contributed by atoms with Crippen LogP contribution in [0.4, 0.5) is 0 Å². The summed E-state index contributed by atoms with van der Waals surface area (Å²) in [7, 11) is 0. The van der Waals surface area contributed by atoms with E-state index < -0.39 is 0 Å². The van der Waals surface area contributed by atoms with Crippen molar-refractivity contribution in [3.8, 4) is 5.75 Å². The Morgan fingerprint density at radius 3 is 1.90 bits per heavy atom. The Hall–Kier alpha value is -1.80. The van der Waals surface area contributed by atoms with Crippen LogP contribution in [0.25, 0.3) is 0 Å². The van der Waals surface area contributed by atoms with Gasteiger partial charge >= 0.3 is 0 Å². The molecule has 2 rings (SSSR count). The Balaban J connectivity index is 2.23. The zero-order chi connectivity index (χ0) is 15.2. The van der Waals surface area contributed by atoms with E-state index in [9.17, 15) is 0 Å². The molecule has 0 unspecified atom stereocenters. The van der Waals surface area contributed by atoms with Gasteiger partial charge in [0.2, 0.25) is 0 Å². The number of quaternary nitrogens is 1. The van der Waals surface area contributed by atoms with Crippen LogP contribution in [0, 0.1) is 6.92 Å². The van der Waals surface area contributed by atoms with Crippen molar-refractivity contribution < 1.29 is 10.5 Å². The van der Waals surface area contributed by atoms with Crippen molar-refractivity contribution in [3.05, 3.63) is 65.2 Å². The van der Waals surface area contributed by atoms with Crippen LogP contribution in [0.5, 0.6) is 5.75 Å². The van der Waals surface area contributed by atoms with E-state index in [-0.39, 0.29) is 6.10 Å². The van der Waals surface area contributed by atoms with Gasteiger partial charge in [0.25, 0.3) is 0 Å². The van der Waals surface area contributed by atoms with Crippen LogP contribution in [0.2, 0.25) is 0 Å². The highest BCUT2D eigenvalue weighted by molar-refractivity contribution is 5.37. The maximum absolute atomic E-state index is 5.72. The predicted molar refractivity (Wildman–Crippen MR) is 87.6 cm³/mol. The lowest BCUT2D eigenvalue weighted by atomic mass is 9.88. The molecule has 3 N–H and O–H groups in total. The third kappa shape index (κ3) is 4.33. The van der Waals surface area contributed by atoms with Crippen LogP contribution in [0.15, 0.2) is 48.5 Å². The molecule has 0 aliphatic heterocycles. The second-order valence-corrected chi connectivity index (χ2v) is 5.84. The lowest BCUT2D eigenvalue weighted by molar-refractivity contribution is -0.368. The molecule has 0 saturated heterocycles. The highest BCUT2D eigenvalue weighted by atomic mass is 16.5. The van der Waals surface area contributed by atoms with Gasteiger partial charge in [-0.25, -0.2) is 0 Å². The summed E-state index contributed by atoms with van der Waals surface area (Å²) in [5, 5.41) is 0. The molecule has 0 saturated carbocycles. The van der Waals surface area contributed by atoms with Gasteiger partial charge < -0.3 is 10.5 Å². The van der Waals surface area contributed by atoms with E-state index in [1.54, 1.807) is 0 Å². The number of ether oxygens (including phenoxy) is 1. The second-order valence-electron chi connectivity index (χ2n) is 5.84. The summed E-state index contributed by atoms with van der Waals surface area (Å²) in [4.78, 5) is 0. The van der Waals surface area contributed by atoms with Gasteiger partial charge in [-0.1, -0.05) is 42.0 Å². The van der Waals surface area contributed by atoms with E-state index in [1.807, 2.05) is 13.8 Å². The minimum atomic E-state index is 0.212. The quantitative estimate of drug-likeness (QED) is 0.865. The average Bonchev–Trinajstić information content (AvgIpc) is 2.46. The first-order valence-corrected chi connectivity index (χ1v) is 7.72. The van der Waals surface area contributed by atoms with Crippen LogP contribution in [-0.4, -0.2) is 12.6 Å². The standard InChI is InChI=1S/C19H25NO/c1-14(2)21-18-10-8-17(9-11-18)19(12-13-20)16-6-4-15(3)5-7-16/h4-11,14,19H,12-13,20H2,1-3H3/p+1/t19-/m1/s1. The molecule has 2 aromatic carbocycles. The second kappa shape index (κ2) is 7.28. The predicted octanol–water partition coefficient (Wildman–Crippen LogP) is 3.55. The number of hydrogen-bond acceptors (Lipinski definition) is 1. The minimum absolute atomic E-state index is 0.212. The van der Waals surface area contributed by atoms with Crippen molar-refractivity contribution in [2.75, 3.05) is 6.54 Å². The van der Waals surface area contributed by atoms with Gasteiger partial charge in [0.1, 0.15) is 5.75 Å². The largest absolute Gasteiger partial charge is 0.491 e. The molecule has 2 nitrogen and oxygen atoms in total. The SMILES string of the molecule is Cc1ccc([C@@H](CC[NH3+])c2ccc(OC(C)C)cc2)cc1. The first-order chi connectivity index (χ1) is 10.1. The van der Waals surface area contributed by atoms with Crippen molar-refractivity contribution in [2.24, 2.45) is 0 Å². The average molecular weight is 284 g/mol. The first kappa shape index (κ1) is 15.6. The van der Waals surface area contributed by atoms with Crippen molar-refractivity contribution in [3.63, 3.8) is 0 Å². The summed E-state index contributed by atoms with van der Waals surface area (Å²) in [5.41, 5.74) is 8.02. The van der Waals surface area contributed by atoms with Gasteiger partial charge in [-0.2, -0.15) is 0 Å². The summed E-state index contributed by atoms with van der Waals surface area (Å²) in [6.07, 6.45) is 1.27. The Bertz CT molecular complexity index is 543. The molecule has 0 spiro atoms. The monoisotopic (exact) mass is 284 g/mol. The van der Waals surface area contributed by atoms with Crippen molar-refractivity contribution in [2.45, 2.75) is 39.2 Å². The molecule has 0 aromatic heterocycles. The number of aryl methyl sites for hydroxylation is 1. The topological polar surface area (TPSA) is 36.9 Å². The molecule has 112 valence electrons. The fourth-order valence-electron chi connectivity index (χ4n) is 2.58. The normalized spacial score (nSPS) is 12.4. The molecular formula is C19H26NO+. The summed E-state index contributed by atoms with van der Waals surface area (Å²) in [6.45, 7) is 7.15. The first-order valence-electron chi connectivity index (χ1n) is 7.72. The summed E-state index contributed by atoms with van der Waals surface area (Å²) in [5.74, 6) is 1.35. The fourth-order valence-corrected chi connectivity index (χ4v) is 2.58. The van der Waals surface area contributed by atoms with Crippen molar-refractivity contribution >= 4 is 0 Å². The van der Waals surface area contributed by atoms with Crippen LogP contribution < -0.4 is 10.5 Å². The number of rotatable bonds is 6.